The molecule has 0 saturated carbocycles. The Bertz CT molecular complexity index is 1200. The molecule has 6 atom stereocenters. The number of carboxylic acids is 2. The molecule has 36 heavy (non-hydrogen) atoms. The van der Waals surface area contributed by atoms with E-state index >= 15 is 0 Å². The lowest BCUT2D eigenvalue weighted by Gasteiger charge is -2.47. The summed E-state index contributed by atoms with van der Waals surface area (Å²) in [6.07, 6.45) is -0.462. The minimum absolute atomic E-state index is 0.0643. The fourth-order valence-corrected chi connectivity index (χ4v) is 6.95. The van der Waals surface area contributed by atoms with Gasteiger partial charge in [-0.2, -0.15) is 0 Å². The van der Waals surface area contributed by atoms with Crippen LogP contribution in [0.4, 0.5) is 5.69 Å². The zero-order valence-corrected chi connectivity index (χ0v) is 21.2. The summed E-state index contributed by atoms with van der Waals surface area (Å²) in [4.78, 5) is 50.8. The number of carbonyl (C=O) groups is 4. The van der Waals surface area contributed by atoms with Gasteiger partial charge in [0, 0.05) is 36.8 Å². The van der Waals surface area contributed by atoms with E-state index in [1.54, 1.807) is 12.1 Å². The van der Waals surface area contributed by atoms with E-state index in [2.05, 4.69) is 5.32 Å². The number of fused-ring (bicyclic) bond motifs is 1. The SMILES string of the molecule is CC(C)=[N+]1C[C@@H](SC2=C(C(=O)[O-])N3C(=O)[C@H]([C@@H](C)O)[C@H]3[C@H]2C)C[C@H]1C(=O)Nc1cccc(C(=O)O)c1. The van der Waals surface area contributed by atoms with E-state index in [0.717, 1.165) is 5.71 Å². The molecule has 192 valence electrons. The molecular formula is C25H29N3O7S. The highest BCUT2D eigenvalue weighted by atomic mass is 32.2. The Hall–Kier alpha value is -3.18. The van der Waals surface area contributed by atoms with Crippen molar-refractivity contribution < 1.29 is 39.1 Å². The molecule has 3 heterocycles. The second kappa shape index (κ2) is 9.70. The fourth-order valence-electron chi connectivity index (χ4n) is 5.43. The van der Waals surface area contributed by atoms with Gasteiger partial charge >= 0.3 is 5.97 Å². The average molecular weight is 516 g/mol. The van der Waals surface area contributed by atoms with Crippen molar-refractivity contribution in [3.63, 3.8) is 0 Å². The Balaban J connectivity index is 1.55. The van der Waals surface area contributed by atoms with Crippen LogP contribution in [0.1, 0.15) is 44.5 Å². The molecule has 0 bridgehead atoms. The summed E-state index contributed by atoms with van der Waals surface area (Å²) >= 11 is 1.35. The predicted molar refractivity (Wildman–Crippen MR) is 130 cm³/mol. The quantitative estimate of drug-likeness (QED) is 0.351. The van der Waals surface area contributed by atoms with Gasteiger partial charge in [-0.3, -0.25) is 9.59 Å². The molecule has 2 fully saturated rings. The van der Waals surface area contributed by atoms with Crippen molar-refractivity contribution >= 4 is 46.9 Å². The van der Waals surface area contributed by atoms with Crippen molar-refractivity contribution in [1.29, 1.82) is 0 Å². The van der Waals surface area contributed by atoms with Gasteiger partial charge in [0.25, 0.3) is 5.91 Å². The highest BCUT2D eigenvalue weighted by Crippen LogP contribution is 2.51. The molecule has 4 rings (SSSR count). The summed E-state index contributed by atoms with van der Waals surface area (Å²) in [6, 6.07) is 5.06. The standard InChI is InChI=1S/C25H29N3O7S/c1-11(2)27-10-16(9-17(27)22(30)26-15-7-5-6-14(8-15)24(32)33)36-21-12(3)19-18(13(4)29)23(31)28(19)20(21)25(34)35/h5-8,12-13,16-19,29H,9-10H2,1-4H3,(H2-,26,30,32,33,34,35)/t12-,13-,16+,17+,18-,19-/m1/s1. The van der Waals surface area contributed by atoms with Crippen molar-refractivity contribution in [2.75, 3.05) is 11.9 Å². The van der Waals surface area contributed by atoms with Crippen LogP contribution in [-0.4, -0.2) is 79.1 Å². The lowest BCUT2D eigenvalue weighted by atomic mass is 9.79. The van der Waals surface area contributed by atoms with Crippen molar-refractivity contribution in [1.82, 2.24) is 4.90 Å². The number of carboxylic acid groups (broad SMARTS) is 2. The van der Waals surface area contributed by atoms with Crippen molar-refractivity contribution in [2.45, 2.75) is 57.6 Å². The first-order valence-electron chi connectivity index (χ1n) is 11.8. The molecule has 3 aliphatic rings. The van der Waals surface area contributed by atoms with Crippen LogP contribution in [-0.2, 0) is 14.4 Å². The third-order valence-corrected chi connectivity index (χ3v) is 8.61. The number of amides is 2. The number of β-lactam (4-membered cyclic amide) rings is 1. The zero-order chi connectivity index (χ0) is 26.5. The second-order valence-corrected chi connectivity index (χ2v) is 11.1. The number of thioether (sulfide) groups is 1. The van der Waals surface area contributed by atoms with E-state index in [4.69, 9.17) is 0 Å². The molecular weight excluding hydrogens is 486 g/mol. The first-order chi connectivity index (χ1) is 16.9. The van der Waals surface area contributed by atoms with Crippen LogP contribution < -0.4 is 10.4 Å². The van der Waals surface area contributed by atoms with Crippen molar-refractivity contribution in [3.05, 3.63) is 40.4 Å². The monoisotopic (exact) mass is 515 g/mol. The summed E-state index contributed by atoms with van der Waals surface area (Å²) in [6.45, 7) is 7.65. The molecule has 2 amide bonds. The average Bonchev–Trinajstić information content (AvgIpc) is 3.32. The van der Waals surface area contributed by atoms with Gasteiger partial charge in [0.1, 0.15) is 5.71 Å². The minimum Gasteiger partial charge on any atom is -0.543 e. The number of aliphatic hydroxyl groups excluding tert-OH is 1. The van der Waals surface area contributed by atoms with Crippen LogP contribution in [0.5, 0.6) is 0 Å². The van der Waals surface area contributed by atoms with E-state index in [1.165, 1.54) is 35.7 Å². The number of rotatable bonds is 7. The van der Waals surface area contributed by atoms with E-state index in [0.29, 0.717) is 23.6 Å². The normalized spacial score (nSPS) is 28.0. The minimum atomic E-state index is -1.43. The van der Waals surface area contributed by atoms with Crippen LogP contribution in [0.3, 0.4) is 0 Å². The zero-order valence-electron chi connectivity index (χ0n) is 20.4. The van der Waals surface area contributed by atoms with E-state index in [-0.39, 0.29) is 28.3 Å². The molecule has 3 N–H and O–H groups in total. The molecule has 2 saturated heterocycles. The first kappa shape index (κ1) is 25.9. The molecule has 10 nitrogen and oxygen atoms in total. The topological polar surface area (TPSA) is 150 Å². The lowest BCUT2D eigenvalue weighted by molar-refractivity contribution is -0.530. The molecule has 3 aliphatic heterocycles. The Morgan fingerprint density at radius 1 is 1.28 bits per heavy atom. The van der Waals surface area contributed by atoms with Crippen LogP contribution in [0, 0.1) is 11.8 Å². The maximum absolute atomic E-state index is 13.2. The van der Waals surface area contributed by atoms with Gasteiger partial charge in [0.05, 0.1) is 40.5 Å². The first-order valence-corrected chi connectivity index (χ1v) is 12.6. The third-order valence-electron chi connectivity index (χ3n) is 7.11. The summed E-state index contributed by atoms with van der Waals surface area (Å²) < 4.78 is 1.95. The van der Waals surface area contributed by atoms with Crippen molar-refractivity contribution in [2.24, 2.45) is 11.8 Å². The van der Waals surface area contributed by atoms with Crippen LogP contribution in [0.15, 0.2) is 34.9 Å². The number of aliphatic hydroxyl groups is 1. The third kappa shape index (κ3) is 4.41. The molecule has 0 unspecified atom stereocenters. The van der Waals surface area contributed by atoms with Gasteiger partial charge in [-0.25, -0.2) is 9.37 Å². The summed E-state index contributed by atoms with van der Waals surface area (Å²) in [7, 11) is 0. The van der Waals surface area contributed by atoms with Gasteiger partial charge in [0.2, 0.25) is 11.9 Å². The number of hydrogen-bond donors (Lipinski definition) is 3. The molecule has 0 aliphatic carbocycles. The maximum Gasteiger partial charge on any atom is 0.335 e. The number of hydrogen-bond acceptors (Lipinski definition) is 7. The van der Waals surface area contributed by atoms with Crippen LogP contribution >= 0.6 is 11.8 Å². The van der Waals surface area contributed by atoms with E-state index < -0.39 is 42.0 Å². The number of anilines is 1. The molecule has 1 aromatic carbocycles. The molecule has 1 aromatic rings. The van der Waals surface area contributed by atoms with E-state index in [9.17, 15) is 34.5 Å². The second-order valence-electron chi connectivity index (χ2n) is 9.72. The van der Waals surface area contributed by atoms with Crippen LogP contribution in [0.25, 0.3) is 0 Å². The maximum atomic E-state index is 13.2. The summed E-state index contributed by atoms with van der Waals surface area (Å²) in [5.41, 5.74) is 1.22. The molecule has 0 aromatic heterocycles. The van der Waals surface area contributed by atoms with Gasteiger partial charge in [-0.15, -0.1) is 11.8 Å². The number of benzene rings is 1. The Labute approximate surface area is 212 Å². The Kier molecular flexibility index (Phi) is 6.98. The summed E-state index contributed by atoms with van der Waals surface area (Å²) in [5, 5.41) is 33.9. The number of aromatic carboxylic acids is 1. The number of carbonyl (C=O) groups excluding carboxylic acids is 3. The Morgan fingerprint density at radius 2 is 1.97 bits per heavy atom. The fraction of sp³-hybridized carbons (Fsp3) is 0.480. The molecule has 11 heteroatoms. The smallest absolute Gasteiger partial charge is 0.335 e. The van der Waals surface area contributed by atoms with Crippen LogP contribution in [0.2, 0.25) is 0 Å². The predicted octanol–water partition coefficient (Wildman–Crippen LogP) is 0.510. The summed E-state index contributed by atoms with van der Waals surface area (Å²) in [5.74, 6) is -4.16. The lowest BCUT2D eigenvalue weighted by Crippen LogP contribution is -2.64. The van der Waals surface area contributed by atoms with Gasteiger partial charge in [-0.05, 0) is 25.1 Å². The molecule has 0 radical (unpaired) electrons. The number of aliphatic carboxylic acids is 1. The number of nitrogens with zero attached hydrogens (tertiary/aromatic N) is 2. The Morgan fingerprint density at radius 3 is 2.56 bits per heavy atom. The van der Waals surface area contributed by atoms with E-state index in [1.807, 2.05) is 25.3 Å². The van der Waals surface area contributed by atoms with Gasteiger partial charge < -0.3 is 30.3 Å². The van der Waals surface area contributed by atoms with Gasteiger partial charge in [-0.1, -0.05) is 13.0 Å². The number of nitrogens with one attached hydrogen (secondary N) is 1. The van der Waals surface area contributed by atoms with Crippen molar-refractivity contribution in [3.8, 4) is 0 Å². The largest absolute Gasteiger partial charge is 0.543 e. The van der Waals surface area contributed by atoms with Gasteiger partial charge in [0.15, 0.2) is 6.54 Å². The highest BCUT2D eigenvalue weighted by Gasteiger charge is 2.59. The molecule has 0 spiro atoms. The highest BCUT2D eigenvalue weighted by molar-refractivity contribution is 8.03.